The number of benzene rings is 4. The molecular weight excluding hydrogens is 444 g/mol. The summed E-state index contributed by atoms with van der Waals surface area (Å²) in [6.07, 6.45) is 0. The van der Waals surface area contributed by atoms with E-state index < -0.39 is 5.97 Å². The minimum Gasteiger partial charge on any atom is -0.454 e. The SMILES string of the molecule is O=C(COC(=O)CN(c1ccccc1)c1ccccc1)Nc1ccccc1Sc1ccccc1. The smallest absolute Gasteiger partial charge is 0.326 e. The molecule has 0 radical (unpaired) electrons. The molecule has 0 bridgehead atoms. The van der Waals surface area contributed by atoms with Gasteiger partial charge in [0.25, 0.3) is 5.91 Å². The van der Waals surface area contributed by atoms with Gasteiger partial charge in [-0.3, -0.25) is 9.59 Å². The van der Waals surface area contributed by atoms with Crippen molar-refractivity contribution in [2.45, 2.75) is 9.79 Å². The molecule has 0 saturated heterocycles. The number of carbonyl (C=O) groups is 2. The molecule has 4 aromatic rings. The molecule has 0 atom stereocenters. The molecule has 0 fully saturated rings. The zero-order chi connectivity index (χ0) is 23.6. The fourth-order valence-electron chi connectivity index (χ4n) is 3.33. The molecule has 0 aliphatic carbocycles. The van der Waals surface area contributed by atoms with Gasteiger partial charge in [0, 0.05) is 21.2 Å². The number of nitrogens with one attached hydrogen (secondary N) is 1. The highest BCUT2D eigenvalue weighted by Crippen LogP contribution is 2.33. The molecule has 0 spiro atoms. The molecule has 34 heavy (non-hydrogen) atoms. The number of carbonyl (C=O) groups excluding carboxylic acids is 2. The Morgan fingerprint density at radius 3 is 1.85 bits per heavy atom. The lowest BCUT2D eigenvalue weighted by Gasteiger charge is -2.24. The third-order valence-electron chi connectivity index (χ3n) is 4.92. The molecule has 1 amide bonds. The van der Waals surface area contributed by atoms with Crippen LogP contribution in [0.1, 0.15) is 0 Å². The van der Waals surface area contributed by atoms with Gasteiger partial charge in [-0.05, 0) is 48.5 Å². The van der Waals surface area contributed by atoms with E-state index in [1.54, 1.807) is 11.8 Å². The standard InChI is InChI=1S/C28H24N2O3S/c31-27(29-25-18-10-11-19-26(25)34-24-16-8-3-9-17-24)21-33-28(32)20-30(22-12-4-1-5-13-22)23-14-6-2-7-15-23/h1-19H,20-21H2,(H,29,31). The van der Waals surface area contributed by atoms with Crippen molar-refractivity contribution in [2.75, 3.05) is 23.4 Å². The molecule has 1 N–H and O–H groups in total. The Kier molecular flexibility index (Phi) is 7.98. The summed E-state index contributed by atoms with van der Waals surface area (Å²) >= 11 is 1.56. The number of esters is 1. The summed E-state index contributed by atoms with van der Waals surface area (Å²) in [7, 11) is 0. The third kappa shape index (κ3) is 6.49. The van der Waals surface area contributed by atoms with Gasteiger partial charge in [0.1, 0.15) is 6.54 Å². The van der Waals surface area contributed by atoms with E-state index in [0.717, 1.165) is 21.2 Å². The van der Waals surface area contributed by atoms with Gasteiger partial charge in [0.05, 0.1) is 5.69 Å². The van der Waals surface area contributed by atoms with Gasteiger partial charge in [0.15, 0.2) is 6.61 Å². The number of hydrogen-bond acceptors (Lipinski definition) is 5. The Morgan fingerprint density at radius 2 is 1.24 bits per heavy atom. The maximum absolute atomic E-state index is 12.6. The Bertz CT molecular complexity index is 1180. The van der Waals surface area contributed by atoms with E-state index in [1.165, 1.54) is 0 Å². The van der Waals surface area contributed by atoms with E-state index in [9.17, 15) is 9.59 Å². The van der Waals surface area contributed by atoms with Crippen molar-refractivity contribution in [1.29, 1.82) is 0 Å². The van der Waals surface area contributed by atoms with Crippen molar-refractivity contribution in [3.63, 3.8) is 0 Å². The first kappa shape index (κ1) is 23.1. The molecule has 0 heterocycles. The highest BCUT2D eigenvalue weighted by atomic mass is 32.2. The first-order valence-corrected chi connectivity index (χ1v) is 11.7. The van der Waals surface area contributed by atoms with Crippen molar-refractivity contribution >= 4 is 40.7 Å². The quantitative estimate of drug-likeness (QED) is 0.298. The number of anilines is 3. The van der Waals surface area contributed by atoms with Crippen molar-refractivity contribution in [2.24, 2.45) is 0 Å². The van der Waals surface area contributed by atoms with Crippen LogP contribution in [-0.2, 0) is 14.3 Å². The lowest BCUT2D eigenvalue weighted by Crippen LogP contribution is -2.29. The van der Waals surface area contributed by atoms with Gasteiger partial charge >= 0.3 is 5.97 Å². The molecule has 170 valence electrons. The molecule has 0 aliphatic rings. The van der Waals surface area contributed by atoms with E-state index in [2.05, 4.69) is 5.32 Å². The lowest BCUT2D eigenvalue weighted by atomic mass is 10.2. The summed E-state index contributed by atoms with van der Waals surface area (Å²) in [5.74, 6) is -0.879. The van der Waals surface area contributed by atoms with Gasteiger partial charge in [-0.15, -0.1) is 0 Å². The van der Waals surface area contributed by atoms with Gasteiger partial charge in [-0.2, -0.15) is 0 Å². The average molecular weight is 469 g/mol. The Labute approximate surface area is 203 Å². The first-order chi connectivity index (χ1) is 16.7. The minimum atomic E-state index is -0.491. The van der Waals surface area contributed by atoms with Crippen LogP contribution in [0.3, 0.4) is 0 Å². The maximum Gasteiger partial charge on any atom is 0.326 e. The largest absolute Gasteiger partial charge is 0.454 e. The van der Waals surface area contributed by atoms with Crippen molar-refractivity contribution < 1.29 is 14.3 Å². The van der Waals surface area contributed by atoms with Crippen LogP contribution in [0.15, 0.2) is 125 Å². The first-order valence-electron chi connectivity index (χ1n) is 10.8. The summed E-state index contributed by atoms with van der Waals surface area (Å²) in [5, 5.41) is 2.85. The van der Waals surface area contributed by atoms with E-state index >= 15 is 0 Å². The van der Waals surface area contributed by atoms with Crippen LogP contribution < -0.4 is 10.2 Å². The molecule has 4 aromatic carbocycles. The zero-order valence-corrected chi connectivity index (χ0v) is 19.3. The van der Waals surface area contributed by atoms with E-state index in [-0.39, 0.29) is 19.1 Å². The normalized spacial score (nSPS) is 10.4. The van der Waals surface area contributed by atoms with Crippen molar-refractivity contribution in [3.05, 3.63) is 115 Å². The fourth-order valence-corrected chi connectivity index (χ4v) is 4.25. The Hall–Kier alpha value is -4.03. The highest BCUT2D eigenvalue weighted by molar-refractivity contribution is 7.99. The molecule has 5 nitrogen and oxygen atoms in total. The number of hydrogen-bond donors (Lipinski definition) is 1. The Morgan fingerprint density at radius 1 is 0.706 bits per heavy atom. The van der Waals surface area contributed by atoms with Crippen LogP contribution >= 0.6 is 11.8 Å². The number of ether oxygens (including phenoxy) is 1. The van der Waals surface area contributed by atoms with Crippen LogP contribution in [0, 0.1) is 0 Å². The molecule has 0 saturated carbocycles. The number of para-hydroxylation sites is 3. The predicted molar refractivity (Wildman–Crippen MR) is 136 cm³/mol. The van der Waals surface area contributed by atoms with E-state index in [0.29, 0.717) is 5.69 Å². The average Bonchev–Trinajstić information content (AvgIpc) is 2.89. The topological polar surface area (TPSA) is 58.6 Å². The van der Waals surface area contributed by atoms with E-state index in [4.69, 9.17) is 4.74 Å². The summed E-state index contributed by atoms with van der Waals surface area (Å²) in [6.45, 7) is -0.373. The monoisotopic (exact) mass is 468 g/mol. The summed E-state index contributed by atoms with van der Waals surface area (Å²) < 4.78 is 5.31. The number of amides is 1. The summed E-state index contributed by atoms with van der Waals surface area (Å²) in [5.41, 5.74) is 2.40. The molecule has 0 aliphatic heterocycles. The van der Waals surface area contributed by atoms with Crippen LogP contribution in [0.2, 0.25) is 0 Å². The van der Waals surface area contributed by atoms with Crippen molar-refractivity contribution in [3.8, 4) is 0 Å². The van der Waals surface area contributed by atoms with Crippen LogP contribution in [0.25, 0.3) is 0 Å². The number of rotatable bonds is 9. The van der Waals surface area contributed by atoms with Gasteiger partial charge < -0.3 is 15.0 Å². The fraction of sp³-hybridized carbons (Fsp3) is 0.0714. The van der Waals surface area contributed by atoms with Crippen molar-refractivity contribution in [1.82, 2.24) is 0 Å². The Balaban J connectivity index is 1.36. The van der Waals surface area contributed by atoms with Crippen LogP contribution in [-0.4, -0.2) is 25.0 Å². The predicted octanol–water partition coefficient (Wildman–Crippen LogP) is 6.16. The minimum absolute atomic E-state index is 0.0122. The second-order valence-electron chi connectivity index (χ2n) is 7.38. The molecule has 4 rings (SSSR count). The second-order valence-corrected chi connectivity index (χ2v) is 8.49. The molecule has 6 heteroatoms. The molecule has 0 unspecified atom stereocenters. The second kappa shape index (κ2) is 11.7. The molecular formula is C28H24N2O3S. The molecule has 0 aromatic heterocycles. The maximum atomic E-state index is 12.6. The van der Waals surface area contributed by atoms with Crippen LogP contribution in [0.4, 0.5) is 17.1 Å². The van der Waals surface area contributed by atoms with Gasteiger partial charge in [-0.25, -0.2) is 0 Å². The van der Waals surface area contributed by atoms with Gasteiger partial charge in [-0.1, -0.05) is 78.5 Å². The summed E-state index contributed by atoms with van der Waals surface area (Å²) in [4.78, 5) is 29.0. The third-order valence-corrected chi connectivity index (χ3v) is 6.00. The van der Waals surface area contributed by atoms with Gasteiger partial charge in [0.2, 0.25) is 0 Å². The zero-order valence-electron chi connectivity index (χ0n) is 18.5. The highest BCUT2D eigenvalue weighted by Gasteiger charge is 2.16. The van der Waals surface area contributed by atoms with Crippen LogP contribution in [0.5, 0.6) is 0 Å². The number of nitrogens with zero attached hydrogens (tertiary/aromatic N) is 1. The lowest BCUT2D eigenvalue weighted by molar-refractivity contribution is -0.145. The van der Waals surface area contributed by atoms with E-state index in [1.807, 2.05) is 120 Å². The summed E-state index contributed by atoms with van der Waals surface area (Å²) in [6, 6.07) is 36.7.